The number of carboxylic acid groups (broad SMARTS) is 3. The number of aliphatic hydroxyl groups excluding tert-OH is 4. The summed E-state index contributed by atoms with van der Waals surface area (Å²) in [5, 5.41) is 107. The molecule has 8 saturated carbocycles. The number of carbonyl (C=O) groups is 4. The maximum Gasteiger partial charge on any atom is 0.316 e. The summed E-state index contributed by atoms with van der Waals surface area (Å²) in [7, 11) is 0. The van der Waals surface area contributed by atoms with Crippen LogP contribution in [-0.4, -0.2) is 112 Å². The van der Waals surface area contributed by atoms with Crippen LogP contribution in [0.15, 0.2) is 23.3 Å². The van der Waals surface area contributed by atoms with Gasteiger partial charge in [0.15, 0.2) is 0 Å². The van der Waals surface area contributed by atoms with Crippen LogP contribution in [0.1, 0.15) is 179 Å². The highest BCUT2D eigenvalue weighted by atomic mass is 16.6. The van der Waals surface area contributed by atoms with Crippen LogP contribution in [0.4, 0.5) is 0 Å². The summed E-state index contributed by atoms with van der Waals surface area (Å²) in [6, 6.07) is 0. The first-order chi connectivity index (χ1) is 34.1. The molecule has 0 aromatic rings. The predicted octanol–water partition coefficient (Wildman–Crippen LogP) is 7.93. The molecule has 0 bridgehead atoms. The van der Waals surface area contributed by atoms with Crippen LogP contribution in [0.25, 0.3) is 0 Å². The fourth-order valence-corrected chi connectivity index (χ4v) is 22.3. The molecule has 74 heavy (non-hydrogen) atoms. The maximum absolute atomic E-state index is 15.5. The molecule has 4 unspecified atom stereocenters. The van der Waals surface area contributed by atoms with Gasteiger partial charge in [-0.25, -0.2) is 0 Å². The first-order valence-corrected chi connectivity index (χ1v) is 28.5. The highest BCUT2D eigenvalue weighted by molar-refractivity contribution is 5.82. The van der Waals surface area contributed by atoms with Crippen molar-refractivity contribution in [2.45, 2.75) is 215 Å². The Bertz CT molecular complexity index is 2460. The van der Waals surface area contributed by atoms with Crippen molar-refractivity contribution in [1.29, 1.82) is 0 Å². The van der Waals surface area contributed by atoms with Gasteiger partial charge in [-0.2, -0.15) is 0 Å². The van der Waals surface area contributed by atoms with E-state index in [2.05, 4.69) is 46.8 Å². The number of ether oxygens (including phenoxy) is 1. The van der Waals surface area contributed by atoms with E-state index in [4.69, 9.17) is 4.74 Å². The molecule has 24 atom stereocenters. The van der Waals surface area contributed by atoms with Crippen LogP contribution in [-0.2, 0) is 23.9 Å². The molecule has 0 aliphatic heterocycles. The number of fused-ring (bicyclic) bond motifs is 14. The lowest BCUT2D eigenvalue weighted by Crippen LogP contribution is -2.72. The van der Waals surface area contributed by atoms with E-state index < -0.39 is 144 Å². The summed E-state index contributed by atoms with van der Waals surface area (Å²) in [4.78, 5) is 56.4. The van der Waals surface area contributed by atoms with Gasteiger partial charge in [0.1, 0.15) is 11.5 Å². The molecule has 9 N–H and O–H groups in total. The zero-order chi connectivity index (χ0) is 54.5. The number of hydrogen-bond donors (Lipinski definition) is 9. The van der Waals surface area contributed by atoms with E-state index in [1.807, 2.05) is 20.8 Å². The third-order valence-corrected chi connectivity index (χ3v) is 27.3. The molecular formula is C60H90O14. The summed E-state index contributed by atoms with van der Waals surface area (Å²) >= 11 is 0. The van der Waals surface area contributed by atoms with Crippen molar-refractivity contribution in [2.24, 2.45) is 101 Å². The SMILES string of the molecule is C[C@@H]1CC[C@]2(C(=O)O)CC[C@]3(C)C(=CCC4[C@@]5(C)C[C@@H](O)[C@H](O)[C@@](C)(C(=O)O[C@H]6[C@H](O)C[C@@]7(C)C(CC[C@]8(C)C7CC=C7[C@H]9[C@](C(=O)O)(CC[C@@H](C)[C@@]9(C)O)CC[C@]78C)[C@@]6(CO)C(=O)O)C5CC[C@]43C)[C@@H]2[C@]1(C)O. The molecule has 10 aliphatic carbocycles. The van der Waals surface area contributed by atoms with Gasteiger partial charge in [-0.3, -0.25) is 19.2 Å². The van der Waals surface area contributed by atoms with Crippen LogP contribution < -0.4 is 0 Å². The van der Waals surface area contributed by atoms with Crippen molar-refractivity contribution >= 4 is 23.9 Å². The predicted molar refractivity (Wildman–Crippen MR) is 272 cm³/mol. The van der Waals surface area contributed by atoms with Gasteiger partial charge in [-0.15, -0.1) is 0 Å². The highest BCUT2D eigenvalue weighted by Gasteiger charge is 2.77. The molecule has 0 spiro atoms. The standard InChI is InChI=1S/C60H90O14/c1-31-16-22-58(45(65)66)26-24-51(5)33(41(58)56(31,10)72)12-14-37-49(3)28-35(62)43(64)55(9,39(49)18-20-53(37,51)7)48(71)74-44-36(63)29-50(4)38-15-13-34-42-57(11,73)32(2)17-23-59(42,46(67)68)27-25-52(34,6)54(38,8)21-19-40(50)60(44,30-61)47(69)70/h12-13,31-32,35-44,61-64,72-73H,14-30H2,1-11H3,(H,65,66)(H,67,68)(H,69,70)/t31-,32-,35-,36-,37?,38?,39?,40?,41-,42-,43+,44+,49-,50-,51-,52-,53-,54-,55+,56-,57-,58+,59+,60-/m1/s1. The van der Waals surface area contributed by atoms with Gasteiger partial charge in [0.05, 0.1) is 52.4 Å². The average molecular weight is 1040 g/mol. The molecule has 10 aliphatic rings. The van der Waals surface area contributed by atoms with E-state index >= 15 is 4.79 Å². The van der Waals surface area contributed by atoms with Crippen molar-refractivity contribution in [2.75, 3.05) is 6.61 Å². The lowest BCUT2D eigenvalue weighted by molar-refractivity contribution is -0.272. The summed E-state index contributed by atoms with van der Waals surface area (Å²) in [5.74, 6) is -7.31. The van der Waals surface area contributed by atoms with E-state index in [-0.39, 0.29) is 36.5 Å². The molecule has 0 heterocycles. The number of aliphatic hydroxyl groups is 6. The number of esters is 1. The molecule has 10 rings (SSSR count). The average Bonchev–Trinajstić information content (AvgIpc) is 3.31. The number of aliphatic carboxylic acids is 3. The molecule has 0 aromatic heterocycles. The molecule has 14 heteroatoms. The van der Waals surface area contributed by atoms with E-state index in [0.29, 0.717) is 89.9 Å². The zero-order valence-corrected chi connectivity index (χ0v) is 46.2. The summed E-state index contributed by atoms with van der Waals surface area (Å²) in [6.07, 6.45) is 5.16. The Balaban J connectivity index is 0.985. The monoisotopic (exact) mass is 1030 g/mol. The van der Waals surface area contributed by atoms with Gasteiger partial charge in [0, 0.05) is 11.8 Å². The number of rotatable bonds is 6. The van der Waals surface area contributed by atoms with Gasteiger partial charge in [-0.05, 0) is 192 Å². The molecule has 0 amide bonds. The Kier molecular flexibility index (Phi) is 12.0. The summed E-state index contributed by atoms with van der Waals surface area (Å²) in [5.41, 5.74) is -10.6. The first kappa shape index (κ1) is 54.5. The fourth-order valence-electron chi connectivity index (χ4n) is 22.3. The maximum atomic E-state index is 15.5. The quantitative estimate of drug-likeness (QED) is 0.0905. The molecular weight excluding hydrogens is 945 g/mol. The lowest BCUT2D eigenvalue weighted by Gasteiger charge is -2.72. The Hall–Kier alpha value is -2.88. The van der Waals surface area contributed by atoms with Gasteiger partial charge in [0.25, 0.3) is 0 Å². The van der Waals surface area contributed by atoms with Crippen molar-refractivity contribution in [3.05, 3.63) is 23.3 Å². The van der Waals surface area contributed by atoms with Crippen LogP contribution in [0.5, 0.6) is 0 Å². The number of allylic oxidation sites excluding steroid dienone is 2. The zero-order valence-electron chi connectivity index (χ0n) is 46.2. The second kappa shape index (κ2) is 16.4. The van der Waals surface area contributed by atoms with E-state index in [1.54, 1.807) is 20.8 Å². The van der Waals surface area contributed by atoms with Gasteiger partial charge < -0.3 is 50.7 Å². The Morgan fingerprint density at radius 2 is 0.973 bits per heavy atom. The molecule has 14 nitrogen and oxygen atoms in total. The fraction of sp³-hybridized carbons (Fsp3) is 0.867. The van der Waals surface area contributed by atoms with Crippen molar-refractivity contribution in [3.8, 4) is 0 Å². The normalized spacial score (nSPS) is 57.4. The second-order valence-corrected chi connectivity index (χ2v) is 29.3. The Labute approximate surface area is 438 Å². The van der Waals surface area contributed by atoms with Crippen LogP contribution in [0.3, 0.4) is 0 Å². The van der Waals surface area contributed by atoms with Crippen molar-refractivity contribution < 1.29 is 69.9 Å². The highest BCUT2D eigenvalue weighted by Crippen LogP contribution is 2.79. The smallest absolute Gasteiger partial charge is 0.316 e. The molecule has 414 valence electrons. The minimum absolute atomic E-state index is 0.0495. The van der Waals surface area contributed by atoms with Crippen molar-refractivity contribution in [1.82, 2.24) is 0 Å². The number of hydrogen-bond acceptors (Lipinski definition) is 11. The molecule has 0 aromatic carbocycles. The van der Waals surface area contributed by atoms with Gasteiger partial charge in [0.2, 0.25) is 0 Å². The third-order valence-electron chi connectivity index (χ3n) is 27.3. The Morgan fingerprint density at radius 3 is 1.39 bits per heavy atom. The largest absolute Gasteiger partial charge is 0.481 e. The first-order valence-electron chi connectivity index (χ1n) is 28.5. The minimum Gasteiger partial charge on any atom is -0.481 e. The van der Waals surface area contributed by atoms with Gasteiger partial charge >= 0.3 is 23.9 Å². The second-order valence-electron chi connectivity index (χ2n) is 29.3. The van der Waals surface area contributed by atoms with Crippen LogP contribution in [0, 0.1) is 101 Å². The number of carboxylic acids is 3. The third kappa shape index (κ3) is 6.16. The minimum atomic E-state index is -2.16. The van der Waals surface area contributed by atoms with E-state index in [1.165, 1.54) is 0 Å². The van der Waals surface area contributed by atoms with Gasteiger partial charge in [-0.1, -0.05) is 78.7 Å². The van der Waals surface area contributed by atoms with E-state index in [9.17, 15) is 60.3 Å². The van der Waals surface area contributed by atoms with Crippen LogP contribution in [0.2, 0.25) is 0 Å². The molecule has 0 saturated heterocycles. The molecule has 8 fully saturated rings. The van der Waals surface area contributed by atoms with E-state index in [0.717, 1.165) is 11.1 Å². The topological polar surface area (TPSA) is 260 Å². The summed E-state index contributed by atoms with van der Waals surface area (Å²) < 4.78 is 6.51. The Morgan fingerprint density at radius 1 is 0.554 bits per heavy atom. The lowest BCUT2D eigenvalue weighted by atomic mass is 9.32. The molecule has 0 radical (unpaired) electrons. The van der Waals surface area contributed by atoms with Crippen molar-refractivity contribution in [3.63, 3.8) is 0 Å². The van der Waals surface area contributed by atoms with Crippen LogP contribution >= 0.6 is 0 Å². The summed E-state index contributed by atoms with van der Waals surface area (Å²) in [6.45, 7) is 21.2. The number of carbonyl (C=O) groups excluding carboxylic acids is 1.